The van der Waals surface area contributed by atoms with Crippen LogP contribution in [-0.2, 0) is 4.74 Å². The van der Waals surface area contributed by atoms with Crippen molar-refractivity contribution in [3.05, 3.63) is 27.6 Å². The summed E-state index contributed by atoms with van der Waals surface area (Å²) in [6, 6.07) is 5.07. The molecule has 84 valence electrons. The zero-order valence-electron chi connectivity index (χ0n) is 8.89. The number of methoxy groups -OCH3 is 1. The van der Waals surface area contributed by atoms with E-state index in [1.165, 1.54) is 12.1 Å². The van der Waals surface area contributed by atoms with E-state index < -0.39 is 0 Å². The van der Waals surface area contributed by atoms with Crippen molar-refractivity contribution in [2.75, 3.05) is 19.0 Å². The molecule has 0 saturated carbocycles. The molecule has 0 fully saturated rings. The van der Waals surface area contributed by atoms with Crippen LogP contribution in [0, 0.1) is 9.39 Å². The first-order valence-corrected chi connectivity index (χ1v) is 5.92. The van der Waals surface area contributed by atoms with E-state index in [-0.39, 0.29) is 5.82 Å². The van der Waals surface area contributed by atoms with Crippen molar-refractivity contribution in [1.82, 2.24) is 0 Å². The maximum absolute atomic E-state index is 12.8. The second-order valence-electron chi connectivity index (χ2n) is 3.45. The maximum Gasteiger partial charge on any atom is 0.124 e. The summed E-state index contributed by atoms with van der Waals surface area (Å²) in [6.45, 7) is 2.81. The van der Waals surface area contributed by atoms with Crippen LogP contribution < -0.4 is 5.32 Å². The summed E-state index contributed by atoms with van der Waals surface area (Å²) in [7, 11) is 1.69. The van der Waals surface area contributed by atoms with Crippen LogP contribution in [0.25, 0.3) is 0 Å². The number of anilines is 1. The van der Waals surface area contributed by atoms with Crippen molar-refractivity contribution in [1.29, 1.82) is 0 Å². The highest BCUT2D eigenvalue weighted by molar-refractivity contribution is 14.1. The number of rotatable bonds is 5. The maximum atomic E-state index is 12.8. The van der Waals surface area contributed by atoms with Gasteiger partial charge in [0.05, 0.1) is 0 Å². The molecular weight excluding hydrogens is 308 g/mol. The number of benzene rings is 1. The van der Waals surface area contributed by atoms with Crippen LogP contribution >= 0.6 is 22.6 Å². The molecule has 1 N–H and O–H groups in total. The summed E-state index contributed by atoms with van der Waals surface area (Å²) < 4.78 is 18.7. The van der Waals surface area contributed by atoms with Gasteiger partial charge in [-0.15, -0.1) is 0 Å². The molecule has 0 saturated heterocycles. The van der Waals surface area contributed by atoms with Crippen molar-refractivity contribution < 1.29 is 9.13 Å². The quantitative estimate of drug-likeness (QED) is 0.840. The van der Waals surface area contributed by atoms with Gasteiger partial charge in [0, 0.05) is 29.0 Å². The second-order valence-corrected chi connectivity index (χ2v) is 4.61. The average Bonchev–Trinajstić information content (AvgIpc) is 2.19. The van der Waals surface area contributed by atoms with Crippen LogP contribution in [0.1, 0.15) is 13.3 Å². The normalized spacial score (nSPS) is 12.5. The molecule has 1 aromatic rings. The fraction of sp³-hybridized carbons (Fsp3) is 0.455. The molecule has 1 unspecified atom stereocenters. The van der Waals surface area contributed by atoms with Gasteiger partial charge in [-0.25, -0.2) is 4.39 Å². The molecule has 0 aliphatic heterocycles. The number of hydrogen-bond donors (Lipinski definition) is 1. The molecule has 0 radical (unpaired) electrons. The fourth-order valence-electron chi connectivity index (χ4n) is 1.24. The van der Waals surface area contributed by atoms with Gasteiger partial charge in [0.2, 0.25) is 0 Å². The molecule has 0 aliphatic rings. The molecule has 0 heterocycles. The lowest BCUT2D eigenvalue weighted by Crippen LogP contribution is -2.17. The lowest BCUT2D eigenvalue weighted by Gasteiger charge is -2.15. The monoisotopic (exact) mass is 323 g/mol. The van der Waals surface area contributed by atoms with Gasteiger partial charge in [0.25, 0.3) is 0 Å². The molecule has 1 rings (SSSR count). The first-order valence-electron chi connectivity index (χ1n) is 4.84. The molecule has 4 heteroatoms. The molecular formula is C11H15FINO. The Balaban J connectivity index is 2.56. The lowest BCUT2D eigenvalue weighted by molar-refractivity contribution is 0.191. The van der Waals surface area contributed by atoms with Crippen LogP contribution in [0.5, 0.6) is 0 Å². The summed E-state index contributed by atoms with van der Waals surface area (Å²) in [6.07, 6.45) is 0.934. The minimum Gasteiger partial charge on any atom is -0.385 e. The smallest absolute Gasteiger partial charge is 0.124 e. The highest BCUT2D eigenvalue weighted by Crippen LogP contribution is 2.20. The Bertz CT molecular complexity index is 319. The van der Waals surface area contributed by atoms with E-state index >= 15 is 0 Å². The molecule has 2 nitrogen and oxygen atoms in total. The Hall–Kier alpha value is -0.360. The summed E-state index contributed by atoms with van der Waals surface area (Å²) in [5, 5.41) is 3.32. The topological polar surface area (TPSA) is 21.3 Å². The van der Waals surface area contributed by atoms with Gasteiger partial charge >= 0.3 is 0 Å². The van der Waals surface area contributed by atoms with Gasteiger partial charge in [-0.2, -0.15) is 0 Å². The third-order valence-electron chi connectivity index (χ3n) is 2.09. The van der Waals surface area contributed by atoms with E-state index in [2.05, 4.69) is 34.8 Å². The summed E-state index contributed by atoms with van der Waals surface area (Å²) in [5.41, 5.74) is 0.973. The van der Waals surface area contributed by atoms with Crippen molar-refractivity contribution in [3.8, 4) is 0 Å². The first-order chi connectivity index (χ1) is 7.13. The van der Waals surface area contributed by atoms with Gasteiger partial charge in [-0.1, -0.05) is 0 Å². The molecule has 0 bridgehead atoms. The van der Waals surface area contributed by atoms with E-state index in [4.69, 9.17) is 4.74 Å². The largest absolute Gasteiger partial charge is 0.385 e. The third kappa shape index (κ3) is 4.34. The van der Waals surface area contributed by atoms with Crippen LogP contribution in [0.15, 0.2) is 18.2 Å². The Morgan fingerprint density at radius 2 is 2.27 bits per heavy atom. The average molecular weight is 323 g/mol. The van der Waals surface area contributed by atoms with E-state index in [0.29, 0.717) is 6.04 Å². The zero-order chi connectivity index (χ0) is 11.3. The molecule has 15 heavy (non-hydrogen) atoms. The van der Waals surface area contributed by atoms with Gasteiger partial charge in [0.15, 0.2) is 0 Å². The van der Waals surface area contributed by atoms with Crippen LogP contribution in [0.3, 0.4) is 0 Å². The highest BCUT2D eigenvalue weighted by Gasteiger charge is 2.05. The van der Waals surface area contributed by atoms with Crippen LogP contribution in [0.2, 0.25) is 0 Å². The summed E-state index contributed by atoms with van der Waals surface area (Å²) >= 11 is 2.12. The Labute approximate surface area is 103 Å². The number of nitrogens with one attached hydrogen (secondary N) is 1. The predicted octanol–water partition coefficient (Wildman–Crippen LogP) is 3.27. The zero-order valence-corrected chi connectivity index (χ0v) is 11.0. The van der Waals surface area contributed by atoms with E-state index in [9.17, 15) is 4.39 Å². The Morgan fingerprint density at radius 3 is 2.87 bits per heavy atom. The summed E-state index contributed by atoms with van der Waals surface area (Å²) in [4.78, 5) is 0. The number of ether oxygens (including phenoxy) is 1. The van der Waals surface area contributed by atoms with Crippen molar-refractivity contribution in [2.45, 2.75) is 19.4 Å². The molecule has 0 aliphatic carbocycles. The van der Waals surface area contributed by atoms with Crippen LogP contribution in [-0.4, -0.2) is 19.8 Å². The molecule has 1 aromatic carbocycles. The predicted molar refractivity (Wildman–Crippen MR) is 68.7 cm³/mol. The van der Waals surface area contributed by atoms with Crippen molar-refractivity contribution >= 4 is 28.3 Å². The van der Waals surface area contributed by atoms with E-state index in [0.717, 1.165) is 22.3 Å². The number of halogens is 2. The minimum absolute atomic E-state index is 0.200. The van der Waals surface area contributed by atoms with Crippen molar-refractivity contribution in [3.63, 3.8) is 0 Å². The van der Waals surface area contributed by atoms with E-state index in [1.807, 2.05) is 0 Å². The van der Waals surface area contributed by atoms with Gasteiger partial charge in [-0.3, -0.25) is 0 Å². The second kappa shape index (κ2) is 6.27. The Morgan fingerprint density at radius 1 is 1.53 bits per heavy atom. The minimum atomic E-state index is -0.200. The van der Waals surface area contributed by atoms with Crippen LogP contribution in [0.4, 0.5) is 10.1 Å². The lowest BCUT2D eigenvalue weighted by atomic mass is 10.2. The highest BCUT2D eigenvalue weighted by atomic mass is 127. The molecule has 0 aromatic heterocycles. The fourth-order valence-corrected chi connectivity index (χ4v) is 1.87. The van der Waals surface area contributed by atoms with Gasteiger partial charge in [-0.05, 0) is 54.1 Å². The third-order valence-corrected chi connectivity index (χ3v) is 2.98. The molecule has 0 amide bonds. The van der Waals surface area contributed by atoms with Crippen molar-refractivity contribution in [2.24, 2.45) is 0 Å². The number of hydrogen-bond acceptors (Lipinski definition) is 2. The van der Waals surface area contributed by atoms with E-state index in [1.54, 1.807) is 13.2 Å². The molecule has 0 spiro atoms. The standard InChI is InChI=1S/C11H15FINO/c1-8(5-6-15-2)14-11-4-3-9(12)7-10(11)13/h3-4,7-8,14H,5-6H2,1-2H3. The summed E-state index contributed by atoms with van der Waals surface area (Å²) in [5.74, 6) is -0.200. The SMILES string of the molecule is COCCC(C)Nc1ccc(F)cc1I. The Kier molecular flexibility index (Phi) is 5.31. The first kappa shape index (κ1) is 12.7. The molecule has 1 atom stereocenters. The van der Waals surface area contributed by atoms with Gasteiger partial charge < -0.3 is 10.1 Å². The van der Waals surface area contributed by atoms with Gasteiger partial charge in [0.1, 0.15) is 5.82 Å².